The van der Waals surface area contributed by atoms with Crippen LogP contribution in [0.2, 0.25) is 0 Å². The molecule has 0 spiro atoms. The van der Waals surface area contributed by atoms with Crippen LogP contribution in [-0.4, -0.2) is 18.4 Å². The molecule has 0 aliphatic carbocycles. The highest BCUT2D eigenvalue weighted by Crippen LogP contribution is 2.30. The molecule has 2 N–H and O–H groups in total. The smallest absolute Gasteiger partial charge is 0.319 e. The summed E-state index contributed by atoms with van der Waals surface area (Å²) in [5, 5.41) is 5.58. The SMILES string of the molecule is CCCCOc1ccc([C@@H]2NC(=O)NC(C)=C2C(=O)c2ccccc2)cc1. The van der Waals surface area contributed by atoms with E-state index in [-0.39, 0.29) is 11.8 Å². The second-order valence-electron chi connectivity index (χ2n) is 6.54. The van der Waals surface area contributed by atoms with Gasteiger partial charge >= 0.3 is 6.03 Å². The first-order chi connectivity index (χ1) is 13.1. The van der Waals surface area contributed by atoms with E-state index in [2.05, 4.69) is 17.6 Å². The molecule has 27 heavy (non-hydrogen) atoms. The van der Waals surface area contributed by atoms with Crippen molar-refractivity contribution in [1.82, 2.24) is 10.6 Å². The molecule has 2 amide bonds. The van der Waals surface area contributed by atoms with Gasteiger partial charge in [0.25, 0.3) is 0 Å². The summed E-state index contributed by atoms with van der Waals surface area (Å²) in [7, 11) is 0. The standard InChI is InChI=1S/C22H24N2O3/c1-3-4-14-27-18-12-10-16(11-13-18)20-19(15(2)23-22(26)24-20)21(25)17-8-6-5-7-9-17/h5-13,20H,3-4,14H2,1-2H3,(H2,23,24,26)/t20-/m0/s1. The average molecular weight is 364 g/mol. The highest BCUT2D eigenvalue weighted by Gasteiger charge is 2.31. The fraction of sp³-hybridized carbons (Fsp3) is 0.273. The van der Waals surface area contributed by atoms with Gasteiger partial charge in [-0.1, -0.05) is 55.8 Å². The minimum absolute atomic E-state index is 0.103. The summed E-state index contributed by atoms with van der Waals surface area (Å²) in [6.07, 6.45) is 2.08. The molecule has 2 aromatic carbocycles. The first-order valence-corrected chi connectivity index (χ1v) is 9.21. The average Bonchev–Trinajstić information content (AvgIpc) is 2.68. The zero-order chi connectivity index (χ0) is 19.2. The number of carbonyl (C=O) groups excluding carboxylic acids is 2. The van der Waals surface area contributed by atoms with Gasteiger partial charge in [0.1, 0.15) is 5.75 Å². The molecular weight excluding hydrogens is 340 g/mol. The number of hydrogen-bond donors (Lipinski definition) is 2. The predicted octanol–water partition coefficient (Wildman–Crippen LogP) is 4.38. The number of urea groups is 1. The molecule has 5 nitrogen and oxygen atoms in total. The number of amides is 2. The molecule has 0 saturated heterocycles. The Bertz CT molecular complexity index is 842. The van der Waals surface area contributed by atoms with Crippen LogP contribution >= 0.6 is 0 Å². The molecule has 2 aromatic rings. The lowest BCUT2D eigenvalue weighted by Crippen LogP contribution is -2.45. The quantitative estimate of drug-likeness (QED) is 0.566. The summed E-state index contributed by atoms with van der Waals surface area (Å²) in [6.45, 7) is 4.55. The van der Waals surface area contributed by atoms with Crippen LogP contribution in [0.1, 0.15) is 48.7 Å². The third-order valence-corrected chi connectivity index (χ3v) is 4.53. The summed E-state index contributed by atoms with van der Waals surface area (Å²) in [6, 6.07) is 15.8. The molecule has 1 aliphatic rings. The van der Waals surface area contributed by atoms with E-state index in [1.54, 1.807) is 19.1 Å². The van der Waals surface area contributed by atoms with Crippen molar-refractivity contribution < 1.29 is 14.3 Å². The lowest BCUT2D eigenvalue weighted by atomic mass is 9.89. The molecule has 0 fully saturated rings. The van der Waals surface area contributed by atoms with Gasteiger partial charge in [0.05, 0.1) is 12.6 Å². The van der Waals surface area contributed by atoms with Gasteiger partial charge < -0.3 is 15.4 Å². The van der Waals surface area contributed by atoms with Gasteiger partial charge in [-0.3, -0.25) is 4.79 Å². The Kier molecular flexibility index (Phi) is 5.91. The largest absolute Gasteiger partial charge is 0.494 e. The van der Waals surface area contributed by atoms with Crippen molar-refractivity contribution >= 4 is 11.8 Å². The Morgan fingerprint density at radius 2 is 1.78 bits per heavy atom. The molecule has 3 rings (SSSR count). The predicted molar refractivity (Wildman–Crippen MR) is 105 cm³/mol. The van der Waals surface area contributed by atoms with E-state index in [4.69, 9.17) is 4.74 Å². The van der Waals surface area contributed by atoms with Crippen molar-refractivity contribution in [2.75, 3.05) is 6.61 Å². The van der Waals surface area contributed by atoms with Crippen molar-refractivity contribution in [3.8, 4) is 5.75 Å². The summed E-state index contributed by atoms with van der Waals surface area (Å²) in [5.41, 5.74) is 2.54. The molecule has 1 atom stereocenters. The van der Waals surface area contributed by atoms with Crippen molar-refractivity contribution in [3.63, 3.8) is 0 Å². The number of allylic oxidation sites excluding steroid dienone is 1. The maximum absolute atomic E-state index is 13.1. The molecule has 0 saturated carbocycles. The number of carbonyl (C=O) groups is 2. The number of ketones is 1. The summed E-state index contributed by atoms with van der Waals surface area (Å²) >= 11 is 0. The van der Waals surface area contributed by atoms with Crippen LogP contribution in [0, 0.1) is 0 Å². The van der Waals surface area contributed by atoms with Crippen LogP contribution in [0.4, 0.5) is 4.79 Å². The number of ether oxygens (including phenoxy) is 1. The monoisotopic (exact) mass is 364 g/mol. The van der Waals surface area contributed by atoms with E-state index in [0.29, 0.717) is 23.4 Å². The zero-order valence-corrected chi connectivity index (χ0v) is 15.6. The van der Waals surface area contributed by atoms with Gasteiger partial charge in [-0.05, 0) is 31.0 Å². The highest BCUT2D eigenvalue weighted by molar-refractivity contribution is 6.11. The van der Waals surface area contributed by atoms with E-state index >= 15 is 0 Å². The maximum Gasteiger partial charge on any atom is 0.319 e. The maximum atomic E-state index is 13.1. The fourth-order valence-corrected chi connectivity index (χ4v) is 3.08. The topological polar surface area (TPSA) is 67.4 Å². The number of unbranched alkanes of at least 4 members (excludes halogenated alkanes) is 1. The van der Waals surface area contributed by atoms with E-state index < -0.39 is 6.04 Å². The molecule has 140 valence electrons. The van der Waals surface area contributed by atoms with Gasteiger partial charge in [0, 0.05) is 16.8 Å². The normalized spacial score (nSPS) is 16.5. The second kappa shape index (κ2) is 8.54. The molecular formula is C22H24N2O3. The number of Topliss-reactive ketones (excluding diaryl/α,β-unsaturated/α-hetero) is 1. The van der Waals surface area contributed by atoms with E-state index in [1.165, 1.54) is 0 Å². The van der Waals surface area contributed by atoms with Crippen LogP contribution in [0.5, 0.6) is 5.75 Å². The summed E-state index contributed by atoms with van der Waals surface area (Å²) < 4.78 is 5.70. The van der Waals surface area contributed by atoms with Crippen LogP contribution in [0.3, 0.4) is 0 Å². The summed E-state index contributed by atoms with van der Waals surface area (Å²) in [5.74, 6) is 0.679. The van der Waals surface area contributed by atoms with Gasteiger partial charge in [0.2, 0.25) is 0 Å². The minimum Gasteiger partial charge on any atom is -0.494 e. The van der Waals surface area contributed by atoms with Crippen LogP contribution in [-0.2, 0) is 0 Å². The molecule has 0 bridgehead atoms. The van der Waals surface area contributed by atoms with E-state index in [0.717, 1.165) is 24.2 Å². The summed E-state index contributed by atoms with van der Waals surface area (Å²) in [4.78, 5) is 25.1. The van der Waals surface area contributed by atoms with E-state index in [1.807, 2.05) is 42.5 Å². The van der Waals surface area contributed by atoms with Crippen molar-refractivity contribution in [3.05, 3.63) is 77.0 Å². The molecule has 0 unspecified atom stereocenters. The van der Waals surface area contributed by atoms with Crippen LogP contribution in [0.25, 0.3) is 0 Å². The second-order valence-corrected chi connectivity index (χ2v) is 6.54. The number of hydrogen-bond acceptors (Lipinski definition) is 3. The third-order valence-electron chi connectivity index (χ3n) is 4.53. The van der Waals surface area contributed by atoms with Gasteiger partial charge in [0.15, 0.2) is 5.78 Å². The Labute approximate surface area is 159 Å². The lowest BCUT2D eigenvalue weighted by molar-refractivity contribution is 0.102. The van der Waals surface area contributed by atoms with Crippen LogP contribution in [0.15, 0.2) is 65.9 Å². The number of benzene rings is 2. The molecule has 0 aromatic heterocycles. The van der Waals surface area contributed by atoms with Gasteiger partial charge in [-0.15, -0.1) is 0 Å². The van der Waals surface area contributed by atoms with E-state index in [9.17, 15) is 9.59 Å². The Morgan fingerprint density at radius 1 is 1.07 bits per heavy atom. The number of nitrogens with one attached hydrogen (secondary N) is 2. The molecule has 1 heterocycles. The van der Waals surface area contributed by atoms with Crippen LogP contribution < -0.4 is 15.4 Å². The first-order valence-electron chi connectivity index (χ1n) is 9.21. The highest BCUT2D eigenvalue weighted by atomic mass is 16.5. The zero-order valence-electron chi connectivity index (χ0n) is 15.6. The molecule has 0 radical (unpaired) electrons. The Hall–Kier alpha value is -3.08. The molecule has 1 aliphatic heterocycles. The van der Waals surface area contributed by atoms with Crippen molar-refractivity contribution in [2.24, 2.45) is 0 Å². The minimum atomic E-state index is -0.504. The van der Waals surface area contributed by atoms with Crippen molar-refractivity contribution in [2.45, 2.75) is 32.7 Å². The Morgan fingerprint density at radius 3 is 2.44 bits per heavy atom. The first kappa shape index (κ1) is 18.7. The van der Waals surface area contributed by atoms with Crippen molar-refractivity contribution in [1.29, 1.82) is 0 Å². The van der Waals surface area contributed by atoms with Gasteiger partial charge in [-0.2, -0.15) is 0 Å². The van der Waals surface area contributed by atoms with Gasteiger partial charge in [-0.25, -0.2) is 4.79 Å². The fourth-order valence-electron chi connectivity index (χ4n) is 3.08. The Balaban J connectivity index is 1.88. The lowest BCUT2D eigenvalue weighted by Gasteiger charge is -2.28. The third kappa shape index (κ3) is 4.37. The number of rotatable bonds is 7. The molecule has 5 heteroatoms.